The molecule has 1 saturated heterocycles. The number of fused-ring (bicyclic) bond motifs is 1. The number of H-pyrrole nitrogens is 1. The molecule has 150 valence electrons. The molecule has 2 aromatic heterocycles. The number of amides is 1. The summed E-state index contributed by atoms with van der Waals surface area (Å²) in [4.78, 5) is 20.8. The number of nitrogens with one attached hydrogen (secondary N) is 1. The van der Waals surface area contributed by atoms with Crippen molar-refractivity contribution >= 4 is 5.91 Å². The first-order valence-corrected chi connectivity index (χ1v) is 10.2. The lowest BCUT2D eigenvalue weighted by Gasteiger charge is -2.32. The van der Waals surface area contributed by atoms with E-state index in [1.165, 1.54) is 24.7 Å². The molecule has 0 spiro atoms. The highest BCUT2D eigenvalue weighted by atomic mass is 16.2. The third-order valence-corrected chi connectivity index (χ3v) is 5.92. The van der Waals surface area contributed by atoms with Crippen LogP contribution in [-0.4, -0.2) is 60.3 Å². The Morgan fingerprint density at radius 3 is 2.90 bits per heavy atom. The fraction of sp³-hybridized carbons (Fsp3) is 0.429. The molecule has 2 aliphatic heterocycles. The minimum Gasteiger partial charge on any atom is -0.328 e. The maximum absolute atomic E-state index is 12.5. The molecule has 3 aromatic rings. The molecule has 1 unspecified atom stereocenters. The second kappa shape index (κ2) is 7.79. The molecule has 5 rings (SSSR count). The topological polar surface area (TPSA) is 82.9 Å². The highest BCUT2D eigenvalue weighted by Gasteiger charge is 2.26. The lowest BCUT2D eigenvalue weighted by molar-refractivity contribution is 0.0694. The molecule has 0 aliphatic carbocycles. The number of rotatable bonds is 4. The molecule has 8 heteroatoms. The molecule has 4 heterocycles. The molecule has 1 amide bonds. The largest absolute Gasteiger partial charge is 0.328 e. The van der Waals surface area contributed by atoms with Gasteiger partial charge in [0.05, 0.1) is 24.5 Å². The summed E-state index contributed by atoms with van der Waals surface area (Å²) in [5, 5.41) is 11.2. The Hall–Kier alpha value is -3.00. The molecular weight excluding hydrogens is 366 g/mol. The summed E-state index contributed by atoms with van der Waals surface area (Å²) in [6.07, 6.45) is 3.83. The van der Waals surface area contributed by atoms with Gasteiger partial charge in [-0.15, -0.1) is 0 Å². The van der Waals surface area contributed by atoms with Crippen LogP contribution >= 0.6 is 0 Å². The van der Waals surface area contributed by atoms with Gasteiger partial charge in [0.15, 0.2) is 0 Å². The number of aromatic nitrogens is 5. The van der Waals surface area contributed by atoms with E-state index in [2.05, 4.69) is 56.5 Å². The SMILES string of the molecule is O=C(c1ncn[nH]1)N1CCn2nc(CN3CCCC(c4ccccc4)C3)cc2C1. The molecule has 2 aliphatic rings. The zero-order chi connectivity index (χ0) is 19.6. The first-order chi connectivity index (χ1) is 14.3. The smallest absolute Gasteiger partial charge is 0.291 e. The minimum atomic E-state index is -0.113. The predicted molar refractivity (Wildman–Crippen MR) is 107 cm³/mol. The van der Waals surface area contributed by atoms with Crippen molar-refractivity contribution in [3.63, 3.8) is 0 Å². The third-order valence-electron chi connectivity index (χ3n) is 5.92. The molecule has 1 atom stereocenters. The third kappa shape index (κ3) is 3.80. The highest BCUT2D eigenvalue weighted by molar-refractivity contribution is 5.90. The van der Waals surface area contributed by atoms with Crippen molar-refractivity contribution in [1.29, 1.82) is 0 Å². The maximum Gasteiger partial charge on any atom is 0.291 e. The summed E-state index contributed by atoms with van der Waals surface area (Å²) in [7, 11) is 0. The van der Waals surface area contributed by atoms with Crippen molar-refractivity contribution < 1.29 is 4.79 Å². The highest BCUT2D eigenvalue weighted by Crippen LogP contribution is 2.27. The van der Waals surface area contributed by atoms with Crippen LogP contribution in [0, 0.1) is 0 Å². The Kier molecular flexibility index (Phi) is 4.85. The quantitative estimate of drug-likeness (QED) is 0.736. The van der Waals surface area contributed by atoms with Crippen LogP contribution in [0.4, 0.5) is 0 Å². The average Bonchev–Trinajstić information content (AvgIpc) is 3.43. The van der Waals surface area contributed by atoms with Crippen LogP contribution in [0.25, 0.3) is 0 Å². The predicted octanol–water partition coefficient (Wildman–Crippen LogP) is 2.04. The first kappa shape index (κ1) is 18.1. The van der Waals surface area contributed by atoms with Crippen molar-refractivity contribution in [2.24, 2.45) is 0 Å². The van der Waals surface area contributed by atoms with Crippen molar-refractivity contribution in [1.82, 2.24) is 34.8 Å². The number of nitrogens with zero attached hydrogens (tertiary/aromatic N) is 6. The number of hydrogen-bond donors (Lipinski definition) is 1. The molecule has 0 bridgehead atoms. The fourth-order valence-electron chi connectivity index (χ4n) is 4.46. The molecule has 29 heavy (non-hydrogen) atoms. The Labute approximate surface area is 169 Å². The van der Waals surface area contributed by atoms with E-state index in [0.29, 0.717) is 31.4 Å². The van der Waals surface area contributed by atoms with Crippen LogP contribution in [0.15, 0.2) is 42.7 Å². The molecular formula is C21H25N7O. The first-order valence-electron chi connectivity index (χ1n) is 10.2. The fourth-order valence-corrected chi connectivity index (χ4v) is 4.46. The van der Waals surface area contributed by atoms with E-state index in [9.17, 15) is 4.79 Å². The Morgan fingerprint density at radius 1 is 1.17 bits per heavy atom. The monoisotopic (exact) mass is 391 g/mol. The van der Waals surface area contributed by atoms with Crippen molar-refractivity contribution in [3.8, 4) is 0 Å². The van der Waals surface area contributed by atoms with Gasteiger partial charge in [0.2, 0.25) is 5.82 Å². The van der Waals surface area contributed by atoms with Crippen LogP contribution in [0.1, 0.15) is 46.3 Å². The van der Waals surface area contributed by atoms with E-state index < -0.39 is 0 Å². The molecule has 8 nitrogen and oxygen atoms in total. The van der Waals surface area contributed by atoms with Gasteiger partial charge < -0.3 is 4.90 Å². The van der Waals surface area contributed by atoms with Crippen LogP contribution in [-0.2, 0) is 19.6 Å². The Morgan fingerprint density at radius 2 is 2.07 bits per heavy atom. The summed E-state index contributed by atoms with van der Waals surface area (Å²) in [6, 6.07) is 13.0. The summed E-state index contributed by atoms with van der Waals surface area (Å²) in [6.45, 7) is 4.94. The molecule has 1 N–H and O–H groups in total. The van der Waals surface area contributed by atoms with Gasteiger partial charge >= 0.3 is 0 Å². The number of carbonyl (C=O) groups excluding carboxylic acids is 1. The van der Waals surface area contributed by atoms with E-state index in [1.807, 2.05) is 4.68 Å². The molecule has 1 aromatic carbocycles. The standard InChI is InChI=1S/C21H25N7O/c29-21(20-22-15-23-24-20)27-9-10-28-19(14-27)11-18(25-28)13-26-8-4-7-17(12-26)16-5-2-1-3-6-16/h1-3,5-6,11,15,17H,4,7-10,12-14H2,(H,22,23,24). The molecule has 1 fully saturated rings. The minimum absolute atomic E-state index is 0.113. The van der Waals surface area contributed by atoms with Gasteiger partial charge in [-0.25, -0.2) is 4.98 Å². The van der Waals surface area contributed by atoms with Gasteiger partial charge in [-0.2, -0.15) is 10.2 Å². The second-order valence-corrected chi connectivity index (χ2v) is 7.90. The zero-order valence-corrected chi connectivity index (χ0v) is 16.4. The number of hydrogen-bond acceptors (Lipinski definition) is 5. The van der Waals surface area contributed by atoms with Gasteiger partial charge in [0, 0.05) is 19.6 Å². The zero-order valence-electron chi connectivity index (χ0n) is 16.4. The number of carbonyl (C=O) groups is 1. The van der Waals surface area contributed by atoms with E-state index in [1.54, 1.807) is 4.90 Å². The van der Waals surface area contributed by atoms with Crippen molar-refractivity contribution in [2.45, 2.75) is 38.4 Å². The van der Waals surface area contributed by atoms with Crippen molar-refractivity contribution in [2.75, 3.05) is 19.6 Å². The van der Waals surface area contributed by atoms with Crippen LogP contribution in [0.3, 0.4) is 0 Å². The summed E-state index contributed by atoms with van der Waals surface area (Å²) >= 11 is 0. The maximum atomic E-state index is 12.5. The molecule has 0 radical (unpaired) electrons. The van der Waals surface area contributed by atoms with Gasteiger partial charge in [0.25, 0.3) is 5.91 Å². The van der Waals surface area contributed by atoms with E-state index >= 15 is 0 Å². The van der Waals surface area contributed by atoms with Crippen molar-refractivity contribution in [3.05, 3.63) is 65.5 Å². The van der Waals surface area contributed by atoms with Gasteiger partial charge in [-0.3, -0.25) is 19.5 Å². The Balaban J connectivity index is 1.24. The van der Waals surface area contributed by atoms with Gasteiger partial charge in [-0.1, -0.05) is 30.3 Å². The van der Waals surface area contributed by atoms with Gasteiger partial charge in [0.1, 0.15) is 6.33 Å². The van der Waals surface area contributed by atoms with E-state index in [0.717, 1.165) is 31.0 Å². The van der Waals surface area contributed by atoms with Crippen LogP contribution in [0.2, 0.25) is 0 Å². The van der Waals surface area contributed by atoms with E-state index in [4.69, 9.17) is 5.10 Å². The van der Waals surface area contributed by atoms with Crippen LogP contribution < -0.4 is 0 Å². The lowest BCUT2D eigenvalue weighted by atomic mass is 9.90. The number of piperidine rings is 1. The number of benzene rings is 1. The van der Waals surface area contributed by atoms with E-state index in [-0.39, 0.29) is 5.91 Å². The summed E-state index contributed by atoms with van der Waals surface area (Å²) in [5.74, 6) is 0.772. The number of aromatic amines is 1. The van der Waals surface area contributed by atoms with Crippen LogP contribution in [0.5, 0.6) is 0 Å². The second-order valence-electron chi connectivity index (χ2n) is 7.90. The number of likely N-dealkylation sites (tertiary alicyclic amines) is 1. The average molecular weight is 391 g/mol. The summed E-state index contributed by atoms with van der Waals surface area (Å²) in [5.41, 5.74) is 3.60. The Bertz CT molecular complexity index is 966. The van der Waals surface area contributed by atoms with Gasteiger partial charge in [-0.05, 0) is 36.9 Å². The normalized spacial score (nSPS) is 19.9. The lowest BCUT2D eigenvalue weighted by Crippen LogP contribution is -2.38. The molecule has 0 saturated carbocycles. The summed E-state index contributed by atoms with van der Waals surface area (Å²) < 4.78 is 2.04.